The fourth-order valence-electron chi connectivity index (χ4n) is 3.85. The largest absolute Gasteiger partial charge is 0.203 e. The maximum atomic E-state index is 14.6. The van der Waals surface area contributed by atoms with Gasteiger partial charge in [0.1, 0.15) is 0 Å². The first kappa shape index (κ1) is 20.9. The molecule has 1 aromatic carbocycles. The molecule has 2 heteroatoms. The molecule has 0 bridgehead atoms. The van der Waals surface area contributed by atoms with Crippen LogP contribution in [0.5, 0.6) is 0 Å². The molecule has 0 spiro atoms. The van der Waals surface area contributed by atoms with Crippen LogP contribution in [-0.4, -0.2) is 0 Å². The molecule has 1 unspecified atom stereocenters. The number of benzene rings is 1. The highest BCUT2D eigenvalue weighted by molar-refractivity contribution is 5.67. The first-order valence-electron chi connectivity index (χ1n) is 10.5. The Kier molecular flexibility index (Phi) is 9.08. The fraction of sp³-hybridized carbons (Fsp3) is 0.583. The van der Waals surface area contributed by atoms with E-state index in [1.807, 2.05) is 6.92 Å². The zero-order chi connectivity index (χ0) is 18.8. The second-order valence-electron chi connectivity index (χ2n) is 7.56. The van der Waals surface area contributed by atoms with Crippen molar-refractivity contribution in [3.05, 3.63) is 53.1 Å². The third-order valence-corrected chi connectivity index (χ3v) is 5.47. The van der Waals surface area contributed by atoms with Gasteiger partial charge in [-0.25, -0.2) is 8.78 Å². The molecule has 2 rings (SSSR count). The number of aryl methyl sites for hydroxylation is 1. The number of halogens is 2. The van der Waals surface area contributed by atoms with Crippen LogP contribution in [0.2, 0.25) is 0 Å². The first-order valence-corrected chi connectivity index (χ1v) is 10.5. The van der Waals surface area contributed by atoms with Gasteiger partial charge in [-0.15, -0.1) is 0 Å². The predicted octanol–water partition coefficient (Wildman–Crippen LogP) is 8.02. The van der Waals surface area contributed by atoms with Crippen LogP contribution >= 0.6 is 0 Å². The third-order valence-electron chi connectivity index (χ3n) is 5.47. The average molecular weight is 361 g/mol. The summed E-state index contributed by atoms with van der Waals surface area (Å²) in [5.74, 6) is -0.751. The van der Waals surface area contributed by atoms with Crippen LogP contribution in [0.1, 0.15) is 89.2 Å². The summed E-state index contributed by atoms with van der Waals surface area (Å²) in [6.45, 7) is 4.24. The van der Waals surface area contributed by atoms with Crippen molar-refractivity contribution in [3.63, 3.8) is 0 Å². The van der Waals surface area contributed by atoms with E-state index < -0.39 is 11.6 Å². The molecule has 0 saturated heterocycles. The van der Waals surface area contributed by atoms with E-state index >= 15 is 0 Å². The number of hydrogen-bond donors (Lipinski definition) is 0. The van der Waals surface area contributed by atoms with Crippen LogP contribution in [0, 0.1) is 17.6 Å². The lowest BCUT2D eigenvalue weighted by molar-refractivity contribution is 0.491. The highest BCUT2D eigenvalue weighted by Crippen LogP contribution is 2.33. The van der Waals surface area contributed by atoms with Crippen LogP contribution < -0.4 is 0 Å². The molecule has 0 fully saturated rings. The molecule has 0 nitrogen and oxygen atoms in total. The van der Waals surface area contributed by atoms with E-state index in [-0.39, 0.29) is 0 Å². The molecule has 0 aromatic heterocycles. The molecule has 1 aliphatic carbocycles. The molecule has 1 atom stereocenters. The highest BCUT2D eigenvalue weighted by Gasteiger charge is 2.19. The maximum Gasteiger partial charge on any atom is 0.166 e. The second kappa shape index (κ2) is 11.3. The minimum atomic E-state index is -0.652. The fourth-order valence-corrected chi connectivity index (χ4v) is 3.85. The molecule has 144 valence electrons. The van der Waals surface area contributed by atoms with Gasteiger partial charge in [0, 0.05) is 5.56 Å². The molecule has 0 amide bonds. The molecule has 26 heavy (non-hydrogen) atoms. The van der Waals surface area contributed by atoms with Gasteiger partial charge in [-0.2, -0.15) is 0 Å². The van der Waals surface area contributed by atoms with Crippen LogP contribution in [0.25, 0.3) is 5.57 Å². The van der Waals surface area contributed by atoms with E-state index in [1.54, 1.807) is 12.1 Å². The Morgan fingerprint density at radius 1 is 1.00 bits per heavy atom. The minimum absolute atomic E-state index is 0.463. The summed E-state index contributed by atoms with van der Waals surface area (Å²) in [5, 5.41) is 0. The van der Waals surface area contributed by atoms with E-state index in [0.717, 1.165) is 37.7 Å². The SMILES string of the molecule is CC=CC1CC=C(c2ccc(CCCCCCCCC)c(F)c2F)CC1. The van der Waals surface area contributed by atoms with Crippen molar-refractivity contribution in [2.24, 2.45) is 5.92 Å². The van der Waals surface area contributed by atoms with Gasteiger partial charge >= 0.3 is 0 Å². The van der Waals surface area contributed by atoms with E-state index in [2.05, 4.69) is 25.2 Å². The summed E-state index contributed by atoms with van der Waals surface area (Å²) in [6.07, 6.45) is 18.1. The topological polar surface area (TPSA) is 0 Å². The van der Waals surface area contributed by atoms with Gasteiger partial charge in [-0.3, -0.25) is 0 Å². The summed E-state index contributed by atoms with van der Waals surface area (Å²) in [5.41, 5.74) is 1.96. The van der Waals surface area contributed by atoms with Crippen molar-refractivity contribution >= 4 is 5.57 Å². The number of hydrogen-bond acceptors (Lipinski definition) is 0. The molecule has 1 aliphatic rings. The van der Waals surface area contributed by atoms with E-state index in [4.69, 9.17) is 0 Å². The molecule has 0 N–H and O–H groups in total. The first-order chi connectivity index (χ1) is 12.7. The Morgan fingerprint density at radius 2 is 1.73 bits per heavy atom. The van der Waals surface area contributed by atoms with Crippen molar-refractivity contribution in [2.45, 2.75) is 84.5 Å². The van der Waals surface area contributed by atoms with Crippen LogP contribution in [0.3, 0.4) is 0 Å². The van der Waals surface area contributed by atoms with Crippen LogP contribution in [0.4, 0.5) is 8.78 Å². The normalized spacial score (nSPS) is 17.7. The van der Waals surface area contributed by atoms with Gasteiger partial charge in [0.05, 0.1) is 0 Å². The van der Waals surface area contributed by atoms with Gasteiger partial charge in [-0.05, 0) is 56.1 Å². The van der Waals surface area contributed by atoms with Crippen molar-refractivity contribution in [2.75, 3.05) is 0 Å². The lowest BCUT2D eigenvalue weighted by Gasteiger charge is -2.20. The summed E-state index contributed by atoms with van der Waals surface area (Å²) in [7, 11) is 0. The third kappa shape index (κ3) is 6.07. The summed E-state index contributed by atoms with van der Waals surface area (Å²) in [6, 6.07) is 3.58. The zero-order valence-corrected chi connectivity index (χ0v) is 16.5. The van der Waals surface area contributed by atoms with Gasteiger partial charge in [0.15, 0.2) is 11.6 Å². The molecule has 0 aliphatic heterocycles. The van der Waals surface area contributed by atoms with Gasteiger partial charge in [0.2, 0.25) is 0 Å². The Morgan fingerprint density at radius 3 is 2.38 bits per heavy atom. The number of unbranched alkanes of at least 4 members (excludes halogenated alkanes) is 6. The Hall–Kier alpha value is -1.44. The predicted molar refractivity (Wildman–Crippen MR) is 108 cm³/mol. The van der Waals surface area contributed by atoms with Crippen molar-refractivity contribution in [1.82, 2.24) is 0 Å². The number of rotatable bonds is 10. The van der Waals surface area contributed by atoms with Gasteiger partial charge < -0.3 is 0 Å². The highest BCUT2D eigenvalue weighted by atomic mass is 19.2. The van der Waals surface area contributed by atoms with Crippen molar-refractivity contribution in [1.29, 1.82) is 0 Å². The average Bonchev–Trinajstić information content (AvgIpc) is 2.65. The molecular formula is C24H34F2. The Labute approximate surface area is 158 Å². The molecule has 0 radical (unpaired) electrons. The van der Waals surface area contributed by atoms with E-state index in [0.29, 0.717) is 23.5 Å². The van der Waals surface area contributed by atoms with Crippen molar-refractivity contribution < 1.29 is 8.78 Å². The summed E-state index contributed by atoms with van der Waals surface area (Å²) < 4.78 is 29.1. The van der Waals surface area contributed by atoms with Crippen LogP contribution in [-0.2, 0) is 6.42 Å². The lowest BCUT2D eigenvalue weighted by atomic mass is 9.86. The standard InChI is InChI=1S/C24H34F2/c1-3-5-6-7-8-9-10-12-21-17-18-22(24(26)23(21)25)20-15-13-19(11-4-2)14-16-20/h4,11,15,17-19H,3,5-10,12-14,16H2,1-2H3. The molecule has 0 heterocycles. The second-order valence-corrected chi connectivity index (χ2v) is 7.56. The van der Waals surface area contributed by atoms with E-state index in [1.165, 1.54) is 32.1 Å². The molecule has 1 aromatic rings. The van der Waals surface area contributed by atoms with Crippen molar-refractivity contribution in [3.8, 4) is 0 Å². The minimum Gasteiger partial charge on any atom is -0.203 e. The van der Waals surface area contributed by atoms with E-state index in [9.17, 15) is 8.78 Å². The Balaban J connectivity index is 1.90. The number of allylic oxidation sites excluding steroid dienone is 4. The zero-order valence-electron chi connectivity index (χ0n) is 16.5. The van der Waals surface area contributed by atoms with Crippen LogP contribution in [0.15, 0.2) is 30.4 Å². The summed E-state index contributed by atoms with van der Waals surface area (Å²) >= 11 is 0. The quantitative estimate of drug-likeness (QED) is 0.293. The van der Waals surface area contributed by atoms with Gasteiger partial charge in [0.25, 0.3) is 0 Å². The lowest BCUT2D eigenvalue weighted by Crippen LogP contribution is -2.05. The maximum absolute atomic E-state index is 14.6. The smallest absolute Gasteiger partial charge is 0.166 e. The van der Waals surface area contributed by atoms with Gasteiger partial charge in [-0.1, -0.05) is 75.8 Å². The monoisotopic (exact) mass is 360 g/mol. The molecule has 0 saturated carbocycles. The molecular weight excluding hydrogens is 326 g/mol. The summed E-state index contributed by atoms with van der Waals surface area (Å²) in [4.78, 5) is 0. The Bertz CT molecular complexity index is 613.